The highest BCUT2D eigenvalue weighted by atomic mass is 79.9. The maximum absolute atomic E-state index is 12.4. The minimum Gasteiger partial charge on any atom is -0.495 e. The predicted molar refractivity (Wildman–Crippen MR) is 128 cm³/mol. The Morgan fingerprint density at radius 2 is 1.68 bits per heavy atom. The van der Waals surface area contributed by atoms with Crippen molar-refractivity contribution in [1.29, 1.82) is 0 Å². The molecule has 0 radical (unpaired) electrons. The van der Waals surface area contributed by atoms with Gasteiger partial charge in [0.25, 0.3) is 0 Å². The minimum absolute atomic E-state index is 0.294. The van der Waals surface area contributed by atoms with Crippen LogP contribution in [0, 0.1) is 0 Å². The van der Waals surface area contributed by atoms with Gasteiger partial charge in [-0.2, -0.15) is 0 Å². The Hall–Kier alpha value is -2.67. The average molecular weight is 492 g/mol. The van der Waals surface area contributed by atoms with Crippen LogP contribution < -0.4 is 24.3 Å². The van der Waals surface area contributed by atoms with Crippen LogP contribution in [-0.4, -0.2) is 33.8 Å². The molecule has 0 atom stereocenters. The van der Waals surface area contributed by atoms with Crippen LogP contribution in [-0.2, 0) is 4.79 Å². The number of amides is 1. The third-order valence-corrected chi connectivity index (χ3v) is 5.22. The molecule has 0 aliphatic rings. The number of nitrogens with one attached hydrogen (secondary N) is 1. The molecule has 2 aromatic carbocycles. The van der Waals surface area contributed by atoms with E-state index in [9.17, 15) is 4.79 Å². The highest BCUT2D eigenvalue weighted by Gasteiger charge is 2.11. The molecule has 0 aliphatic heterocycles. The molecule has 7 heteroatoms. The highest BCUT2D eigenvalue weighted by molar-refractivity contribution is 9.10. The molecule has 0 saturated heterocycles. The van der Waals surface area contributed by atoms with Gasteiger partial charge in [0.05, 0.1) is 38.1 Å². The van der Waals surface area contributed by atoms with Crippen LogP contribution >= 0.6 is 15.9 Å². The number of halogens is 1. The van der Waals surface area contributed by atoms with E-state index in [1.807, 2.05) is 18.2 Å². The molecule has 1 N–H and O–H groups in total. The summed E-state index contributed by atoms with van der Waals surface area (Å²) in [6.45, 7) is 2.84. The van der Waals surface area contributed by atoms with Gasteiger partial charge >= 0.3 is 0 Å². The quantitative estimate of drug-likeness (QED) is 0.287. The number of carbonyl (C=O) groups is 1. The van der Waals surface area contributed by atoms with E-state index in [4.69, 9.17) is 18.9 Å². The Bertz CT molecular complexity index is 898. The minimum atomic E-state index is -0.294. The third-order valence-electron chi connectivity index (χ3n) is 4.60. The normalized spacial score (nSPS) is 10.7. The van der Waals surface area contributed by atoms with Gasteiger partial charge in [-0.1, -0.05) is 32.3 Å². The van der Waals surface area contributed by atoms with Crippen molar-refractivity contribution < 1.29 is 23.7 Å². The van der Waals surface area contributed by atoms with Crippen molar-refractivity contribution in [1.82, 2.24) is 0 Å². The molecule has 2 rings (SSSR count). The van der Waals surface area contributed by atoms with E-state index in [-0.39, 0.29) is 5.91 Å². The number of hydrogen-bond donors (Lipinski definition) is 1. The molecule has 0 unspecified atom stereocenters. The van der Waals surface area contributed by atoms with Gasteiger partial charge in [-0.25, -0.2) is 0 Å². The molecule has 0 aliphatic carbocycles. The Labute approximate surface area is 192 Å². The second-order valence-corrected chi connectivity index (χ2v) is 7.68. The largest absolute Gasteiger partial charge is 0.495 e. The summed E-state index contributed by atoms with van der Waals surface area (Å²) in [6, 6.07) is 9.03. The van der Waals surface area contributed by atoms with E-state index < -0.39 is 0 Å². The molecule has 0 aromatic heterocycles. The topological polar surface area (TPSA) is 66.0 Å². The van der Waals surface area contributed by atoms with Gasteiger partial charge in [0.15, 0.2) is 11.5 Å². The van der Waals surface area contributed by atoms with Crippen molar-refractivity contribution in [3.8, 4) is 23.0 Å². The number of methoxy groups -OCH3 is 3. The molecule has 2 aromatic rings. The SMILES string of the molecule is CCCCCCOc1ccc(/C=C/C(=O)Nc2cc(OC)c(Br)cc2OC)cc1OC. The molecule has 6 nitrogen and oxygen atoms in total. The summed E-state index contributed by atoms with van der Waals surface area (Å²) in [5.41, 5.74) is 1.34. The lowest BCUT2D eigenvalue weighted by Gasteiger charge is -2.12. The standard InChI is InChI=1S/C24H30BrNO5/c1-5-6-7-8-13-31-20-11-9-17(14-23(20)30-4)10-12-24(27)26-19-16-21(28-2)18(25)15-22(19)29-3/h9-12,14-16H,5-8,13H2,1-4H3,(H,26,27)/b12-10+. The van der Waals surface area contributed by atoms with Crippen LogP contribution in [0.3, 0.4) is 0 Å². The second-order valence-electron chi connectivity index (χ2n) is 6.83. The lowest BCUT2D eigenvalue weighted by Crippen LogP contribution is -2.09. The molecule has 0 bridgehead atoms. The third kappa shape index (κ3) is 7.51. The fourth-order valence-corrected chi connectivity index (χ4v) is 3.41. The van der Waals surface area contributed by atoms with Gasteiger partial charge in [0.1, 0.15) is 11.5 Å². The van der Waals surface area contributed by atoms with E-state index >= 15 is 0 Å². The first-order valence-corrected chi connectivity index (χ1v) is 11.0. The molecule has 1 amide bonds. The summed E-state index contributed by atoms with van der Waals surface area (Å²) in [7, 11) is 4.70. The first-order chi connectivity index (χ1) is 15.0. The van der Waals surface area contributed by atoms with E-state index in [0.717, 1.165) is 22.9 Å². The van der Waals surface area contributed by atoms with Crippen LogP contribution in [0.4, 0.5) is 5.69 Å². The lowest BCUT2D eigenvalue weighted by atomic mass is 10.2. The van der Waals surface area contributed by atoms with Crippen LogP contribution in [0.2, 0.25) is 0 Å². The highest BCUT2D eigenvalue weighted by Crippen LogP contribution is 2.36. The fraction of sp³-hybridized carbons (Fsp3) is 0.375. The zero-order valence-electron chi connectivity index (χ0n) is 18.5. The monoisotopic (exact) mass is 491 g/mol. The zero-order valence-corrected chi connectivity index (χ0v) is 20.1. The van der Waals surface area contributed by atoms with Crippen molar-refractivity contribution in [3.05, 3.63) is 46.4 Å². The molecule has 168 valence electrons. The fourth-order valence-electron chi connectivity index (χ4n) is 2.92. The van der Waals surface area contributed by atoms with Crippen molar-refractivity contribution in [2.75, 3.05) is 33.3 Å². The predicted octanol–water partition coefficient (Wildman–Crippen LogP) is 6.09. The zero-order chi connectivity index (χ0) is 22.6. The molecule has 0 heterocycles. The van der Waals surface area contributed by atoms with Gasteiger partial charge in [0.2, 0.25) is 5.91 Å². The summed E-state index contributed by atoms with van der Waals surface area (Å²) in [5.74, 6) is 2.16. The first kappa shape index (κ1) is 24.6. The Kier molecular flexibility index (Phi) is 10.2. The number of unbranched alkanes of at least 4 members (excludes halogenated alkanes) is 3. The number of anilines is 1. The lowest BCUT2D eigenvalue weighted by molar-refractivity contribution is -0.111. The molecule has 31 heavy (non-hydrogen) atoms. The van der Waals surface area contributed by atoms with E-state index in [0.29, 0.717) is 35.3 Å². The number of rotatable bonds is 12. The van der Waals surface area contributed by atoms with Crippen LogP contribution in [0.15, 0.2) is 40.9 Å². The maximum Gasteiger partial charge on any atom is 0.248 e. The molecule has 0 spiro atoms. The summed E-state index contributed by atoms with van der Waals surface area (Å²) >= 11 is 3.40. The second kappa shape index (κ2) is 12.9. The van der Waals surface area contributed by atoms with Crippen molar-refractivity contribution in [2.24, 2.45) is 0 Å². The van der Waals surface area contributed by atoms with Crippen molar-refractivity contribution in [2.45, 2.75) is 32.6 Å². The van der Waals surface area contributed by atoms with Crippen LogP contribution in [0.1, 0.15) is 38.2 Å². The number of benzene rings is 2. The van der Waals surface area contributed by atoms with Crippen molar-refractivity contribution >= 4 is 33.6 Å². The summed E-state index contributed by atoms with van der Waals surface area (Å²) in [6.07, 6.45) is 7.75. The Balaban J connectivity index is 2.04. The average Bonchev–Trinajstić information content (AvgIpc) is 2.78. The van der Waals surface area contributed by atoms with E-state index in [1.54, 1.807) is 39.5 Å². The van der Waals surface area contributed by atoms with Crippen molar-refractivity contribution in [3.63, 3.8) is 0 Å². The maximum atomic E-state index is 12.4. The molecule has 0 fully saturated rings. The van der Waals surface area contributed by atoms with Crippen LogP contribution in [0.25, 0.3) is 6.08 Å². The molecular formula is C24H30BrNO5. The van der Waals surface area contributed by atoms with Gasteiger partial charge in [-0.05, 0) is 46.1 Å². The van der Waals surface area contributed by atoms with E-state index in [2.05, 4.69) is 28.2 Å². The molecular weight excluding hydrogens is 462 g/mol. The summed E-state index contributed by atoms with van der Waals surface area (Å²) in [5, 5.41) is 2.81. The first-order valence-electron chi connectivity index (χ1n) is 10.2. The Morgan fingerprint density at radius 3 is 2.35 bits per heavy atom. The summed E-state index contributed by atoms with van der Waals surface area (Å²) < 4.78 is 22.6. The van der Waals surface area contributed by atoms with Gasteiger partial charge < -0.3 is 24.3 Å². The van der Waals surface area contributed by atoms with Crippen LogP contribution in [0.5, 0.6) is 23.0 Å². The number of hydrogen-bond acceptors (Lipinski definition) is 5. The van der Waals surface area contributed by atoms with E-state index in [1.165, 1.54) is 18.9 Å². The molecule has 0 saturated carbocycles. The smallest absolute Gasteiger partial charge is 0.248 e. The van der Waals surface area contributed by atoms with Gasteiger partial charge in [0, 0.05) is 18.2 Å². The number of carbonyl (C=O) groups excluding carboxylic acids is 1. The van der Waals surface area contributed by atoms with Gasteiger partial charge in [-0.3, -0.25) is 4.79 Å². The Morgan fingerprint density at radius 1 is 0.935 bits per heavy atom. The summed E-state index contributed by atoms with van der Waals surface area (Å²) in [4.78, 5) is 12.4. The number of ether oxygens (including phenoxy) is 4. The van der Waals surface area contributed by atoms with Gasteiger partial charge in [-0.15, -0.1) is 0 Å².